The third kappa shape index (κ3) is 2.25. The molecule has 0 aromatic rings. The molecule has 0 atom stereocenters. The van der Waals surface area contributed by atoms with Crippen molar-refractivity contribution in [2.24, 2.45) is 23.7 Å². The quantitative estimate of drug-likeness (QED) is 0.841. The van der Waals surface area contributed by atoms with Crippen LogP contribution in [0.3, 0.4) is 0 Å². The van der Waals surface area contributed by atoms with Gasteiger partial charge in [-0.15, -0.1) is 0 Å². The maximum absolute atomic E-state index is 3.50. The van der Waals surface area contributed by atoms with E-state index in [0.717, 1.165) is 23.7 Å². The van der Waals surface area contributed by atoms with Crippen LogP contribution in [0.4, 0.5) is 0 Å². The average Bonchev–Trinajstić information content (AvgIpc) is 2.38. The molecule has 1 heterocycles. The van der Waals surface area contributed by atoms with Gasteiger partial charge in [-0.2, -0.15) is 0 Å². The lowest BCUT2D eigenvalue weighted by atomic mass is 9.52. The molecule has 108 valence electrons. The van der Waals surface area contributed by atoms with E-state index in [0.29, 0.717) is 5.54 Å². The minimum Gasteiger partial charge on any atom is -0.317 e. The van der Waals surface area contributed by atoms with Gasteiger partial charge in [0.25, 0.3) is 0 Å². The van der Waals surface area contributed by atoms with Gasteiger partial charge in [0, 0.05) is 12.1 Å². The number of nitrogens with zero attached hydrogens (tertiary/aromatic N) is 1. The highest BCUT2D eigenvalue weighted by atomic mass is 15.2. The van der Waals surface area contributed by atoms with Crippen LogP contribution in [-0.2, 0) is 0 Å². The van der Waals surface area contributed by atoms with E-state index in [9.17, 15) is 0 Å². The van der Waals surface area contributed by atoms with Crippen molar-refractivity contribution in [3.05, 3.63) is 0 Å². The van der Waals surface area contributed by atoms with Crippen molar-refractivity contribution in [1.29, 1.82) is 0 Å². The second-order valence-corrected chi connectivity index (χ2v) is 8.22. The van der Waals surface area contributed by atoms with Crippen molar-refractivity contribution in [2.75, 3.05) is 26.7 Å². The van der Waals surface area contributed by atoms with Gasteiger partial charge in [0.05, 0.1) is 0 Å². The van der Waals surface area contributed by atoms with Gasteiger partial charge >= 0.3 is 0 Å². The van der Waals surface area contributed by atoms with Gasteiger partial charge in [0.15, 0.2) is 0 Å². The fourth-order valence-electron chi connectivity index (χ4n) is 6.18. The summed E-state index contributed by atoms with van der Waals surface area (Å²) in [6.07, 6.45) is 12.1. The Balaban J connectivity index is 1.45. The smallest absolute Gasteiger partial charge is 0.0214 e. The summed E-state index contributed by atoms with van der Waals surface area (Å²) in [5, 5.41) is 3.50. The lowest BCUT2D eigenvalue weighted by molar-refractivity contribution is -0.0840. The summed E-state index contributed by atoms with van der Waals surface area (Å²) >= 11 is 0. The summed E-state index contributed by atoms with van der Waals surface area (Å²) in [4.78, 5) is 2.83. The molecule has 2 nitrogen and oxygen atoms in total. The standard InChI is InChI=1S/C17H30N2/c1-19(12-13-2-4-18-5-3-13)17-9-14-6-15(10-17)8-16(7-14)11-17/h13-16,18H,2-12H2,1H3. The molecule has 0 aromatic carbocycles. The van der Waals surface area contributed by atoms with Gasteiger partial charge < -0.3 is 10.2 Å². The fraction of sp³-hybridized carbons (Fsp3) is 1.00. The van der Waals surface area contributed by atoms with Crippen LogP contribution < -0.4 is 5.32 Å². The predicted molar refractivity (Wildman–Crippen MR) is 79.1 cm³/mol. The van der Waals surface area contributed by atoms with Crippen LogP contribution in [0.15, 0.2) is 0 Å². The highest BCUT2D eigenvalue weighted by molar-refractivity contribution is 5.07. The Morgan fingerprint density at radius 1 is 0.947 bits per heavy atom. The first-order valence-electron chi connectivity index (χ1n) is 8.65. The maximum Gasteiger partial charge on any atom is 0.0214 e. The summed E-state index contributed by atoms with van der Waals surface area (Å²) < 4.78 is 0. The van der Waals surface area contributed by atoms with E-state index in [-0.39, 0.29) is 0 Å². The van der Waals surface area contributed by atoms with Crippen molar-refractivity contribution in [1.82, 2.24) is 10.2 Å². The van der Waals surface area contributed by atoms with Crippen LogP contribution in [0.25, 0.3) is 0 Å². The molecule has 4 aliphatic carbocycles. The molecule has 4 saturated carbocycles. The van der Waals surface area contributed by atoms with Gasteiger partial charge in [0.1, 0.15) is 0 Å². The molecule has 0 radical (unpaired) electrons. The molecular weight excluding hydrogens is 232 g/mol. The van der Waals surface area contributed by atoms with Gasteiger partial charge in [-0.05, 0) is 95.2 Å². The first kappa shape index (κ1) is 12.6. The highest BCUT2D eigenvalue weighted by Crippen LogP contribution is 2.57. The molecule has 19 heavy (non-hydrogen) atoms. The van der Waals surface area contributed by atoms with E-state index in [1.165, 1.54) is 51.7 Å². The number of nitrogens with one attached hydrogen (secondary N) is 1. The Hall–Kier alpha value is -0.0800. The van der Waals surface area contributed by atoms with Crippen LogP contribution in [0.5, 0.6) is 0 Å². The summed E-state index contributed by atoms with van der Waals surface area (Å²) in [7, 11) is 2.45. The van der Waals surface area contributed by atoms with E-state index < -0.39 is 0 Å². The van der Waals surface area contributed by atoms with Gasteiger partial charge in [-0.3, -0.25) is 0 Å². The number of hydrogen-bond donors (Lipinski definition) is 1. The molecule has 1 aliphatic heterocycles. The third-order valence-electron chi connectivity index (χ3n) is 6.81. The monoisotopic (exact) mass is 262 g/mol. The van der Waals surface area contributed by atoms with E-state index in [2.05, 4.69) is 17.3 Å². The second kappa shape index (κ2) is 4.73. The molecule has 5 rings (SSSR count). The molecular formula is C17H30N2. The Morgan fingerprint density at radius 3 is 2.00 bits per heavy atom. The van der Waals surface area contributed by atoms with Crippen LogP contribution in [0, 0.1) is 23.7 Å². The predicted octanol–water partition coefficient (Wildman–Crippen LogP) is 2.89. The summed E-state index contributed by atoms with van der Waals surface area (Å²) in [5.74, 6) is 4.21. The largest absolute Gasteiger partial charge is 0.317 e. The molecule has 0 spiro atoms. The van der Waals surface area contributed by atoms with Crippen LogP contribution in [0.2, 0.25) is 0 Å². The van der Waals surface area contributed by atoms with Gasteiger partial charge in [0.2, 0.25) is 0 Å². The van der Waals surface area contributed by atoms with Gasteiger partial charge in [-0.1, -0.05) is 0 Å². The zero-order valence-electron chi connectivity index (χ0n) is 12.5. The summed E-state index contributed by atoms with van der Waals surface area (Å²) in [5.41, 5.74) is 0.625. The Morgan fingerprint density at radius 2 is 1.47 bits per heavy atom. The Labute approximate surface area is 118 Å². The number of piperidine rings is 1. The van der Waals surface area contributed by atoms with Crippen molar-refractivity contribution in [2.45, 2.75) is 56.9 Å². The first-order valence-corrected chi connectivity index (χ1v) is 8.65. The minimum absolute atomic E-state index is 0.625. The van der Waals surface area contributed by atoms with E-state index in [1.807, 2.05) is 0 Å². The Bertz CT molecular complexity index is 297. The van der Waals surface area contributed by atoms with Crippen molar-refractivity contribution < 1.29 is 0 Å². The lowest BCUT2D eigenvalue weighted by Gasteiger charge is -2.60. The first-order chi connectivity index (χ1) is 9.23. The van der Waals surface area contributed by atoms with Crippen molar-refractivity contribution in [3.8, 4) is 0 Å². The zero-order valence-corrected chi connectivity index (χ0v) is 12.5. The van der Waals surface area contributed by atoms with E-state index in [1.54, 1.807) is 19.3 Å². The van der Waals surface area contributed by atoms with Crippen molar-refractivity contribution in [3.63, 3.8) is 0 Å². The molecule has 0 aromatic heterocycles. The van der Waals surface area contributed by atoms with Crippen molar-refractivity contribution >= 4 is 0 Å². The molecule has 1 saturated heterocycles. The number of hydrogen-bond acceptors (Lipinski definition) is 2. The fourth-order valence-corrected chi connectivity index (χ4v) is 6.18. The van der Waals surface area contributed by atoms with Crippen LogP contribution >= 0.6 is 0 Å². The third-order valence-corrected chi connectivity index (χ3v) is 6.81. The van der Waals surface area contributed by atoms with Crippen LogP contribution in [0.1, 0.15) is 51.4 Å². The molecule has 0 unspecified atom stereocenters. The normalized spacial score (nSPS) is 46.1. The molecule has 0 amide bonds. The maximum atomic E-state index is 3.50. The lowest BCUT2D eigenvalue weighted by Crippen LogP contribution is -2.59. The number of rotatable bonds is 3. The minimum atomic E-state index is 0.625. The highest BCUT2D eigenvalue weighted by Gasteiger charge is 2.52. The molecule has 4 bridgehead atoms. The average molecular weight is 262 g/mol. The Kier molecular flexibility index (Phi) is 3.15. The molecule has 2 heteroatoms. The van der Waals surface area contributed by atoms with E-state index >= 15 is 0 Å². The molecule has 5 fully saturated rings. The van der Waals surface area contributed by atoms with Crippen LogP contribution in [-0.4, -0.2) is 37.1 Å². The molecule has 5 aliphatic rings. The zero-order chi connectivity index (χ0) is 12.9. The van der Waals surface area contributed by atoms with E-state index in [4.69, 9.17) is 0 Å². The van der Waals surface area contributed by atoms with Gasteiger partial charge in [-0.25, -0.2) is 0 Å². The summed E-state index contributed by atoms with van der Waals surface area (Å²) in [6.45, 7) is 3.87. The summed E-state index contributed by atoms with van der Waals surface area (Å²) in [6, 6.07) is 0. The SMILES string of the molecule is CN(CC1CCNCC1)C12CC3CC(CC(C3)C1)C2. The molecule has 1 N–H and O–H groups in total. The topological polar surface area (TPSA) is 15.3 Å². The second-order valence-electron chi connectivity index (χ2n) is 8.22.